The zero-order chi connectivity index (χ0) is 22.1. The molecule has 0 heterocycles. The first kappa shape index (κ1) is 31.1. The molecule has 1 rings (SSSR count). The van der Waals surface area contributed by atoms with Gasteiger partial charge in [-0.2, -0.15) is 0 Å². The molecule has 0 N–H and O–H groups in total. The Kier molecular flexibility index (Phi) is 14.3. The average molecular weight is 454 g/mol. The predicted molar refractivity (Wildman–Crippen MR) is 134 cm³/mol. The summed E-state index contributed by atoms with van der Waals surface area (Å²) in [5.74, 6) is 0. The zero-order valence-corrected chi connectivity index (χ0v) is 23.7. The fourth-order valence-corrected chi connectivity index (χ4v) is 10.5. The van der Waals surface area contributed by atoms with Crippen LogP contribution < -0.4 is 0 Å². The van der Waals surface area contributed by atoms with Gasteiger partial charge in [-0.15, -0.1) is 0 Å². The summed E-state index contributed by atoms with van der Waals surface area (Å²) >= 11 is 0. The van der Waals surface area contributed by atoms with E-state index >= 15 is 0 Å². The van der Waals surface area contributed by atoms with Gasteiger partial charge >= 0.3 is 0 Å². The van der Waals surface area contributed by atoms with Gasteiger partial charge in [0.25, 0.3) is 0 Å². The van der Waals surface area contributed by atoms with Gasteiger partial charge in [-0.05, 0) is 61.7 Å². The molecule has 1 aliphatic carbocycles. The summed E-state index contributed by atoms with van der Waals surface area (Å²) in [5.41, 5.74) is 2.31. The fraction of sp³-hybridized carbons (Fsp3) is 0.692. The molecule has 1 nitrogen and oxygen atoms in total. The van der Waals surface area contributed by atoms with E-state index in [1.807, 2.05) is 38.2 Å². The molecule has 0 aromatic carbocycles. The third-order valence-electron chi connectivity index (χ3n) is 3.89. The Morgan fingerprint density at radius 1 is 0.793 bits per heavy atom. The molecular formula is C26H48NPTi. The summed E-state index contributed by atoms with van der Waals surface area (Å²) in [7, 11) is -1.39. The average Bonchev–Trinajstić information content (AvgIpc) is 2.92. The molecule has 0 amide bonds. The smallest absolute Gasteiger partial charge is 0.0425 e. The van der Waals surface area contributed by atoms with Crippen molar-refractivity contribution in [1.82, 2.24) is 0 Å². The van der Waals surface area contributed by atoms with E-state index in [0.717, 1.165) is 6.42 Å². The molecule has 0 radical (unpaired) electrons. The van der Waals surface area contributed by atoms with Crippen molar-refractivity contribution in [3.8, 4) is 0 Å². The van der Waals surface area contributed by atoms with Gasteiger partial charge in [0.1, 0.15) is 0 Å². The minimum atomic E-state index is -1.39. The van der Waals surface area contributed by atoms with Crippen molar-refractivity contribution in [3.05, 3.63) is 48.2 Å². The van der Waals surface area contributed by atoms with Crippen molar-refractivity contribution < 1.29 is 21.7 Å². The first-order valence-electron chi connectivity index (χ1n) is 10.8. The quantitative estimate of drug-likeness (QED) is 0.223. The van der Waals surface area contributed by atoms with Crippen molar-refractivity contribution in [2.45, 2.75) is 82.6 Å². The topological polar surface area (TPSA) is 12.4 Å². The number of rotatable bonds is 5. The van der Waals surface area contributed by atoms with Gasteiger partial charge in [-0.1, -0.05) is 98.8 Å². The predicted octanol–water partition coefficient (Wildman–Crippen LogP) is 9.31. The van der Waals surface area contributed by atoms with E-state index in [1.54, 1.807) is 0 Å². The van der Waals surface area contributed by atoms with Crippen LogP contribution in [0, 0.1) is 16.2 Å². The van der Waals surface area contributed by atoms with Crippen molar-refractivity contribution in [1.29, 1.82) is 0 Å². The largest absolute Gasteiger partial charge is 0.272 e. The van der Waals surface area contributed by atoms with E-state index in [-0.39, 0.29) is 21.7 Å². The van der Waals surface area contributed by atoms with Crippen LogP contribution in [0.5, 0.6) is 0 Å². The molecule has 0 aliphatic heterocycles. The van der Waals surface area contributed by atoms with Crippen LogP contribution in [-0.2, 0) is 21.7 Å². The van der Waals surface area contributed by atoms with Gasteiger partial charge in [0, 0.05) is 33.8 Å². The summed E-state index contributed by atoms with van der Waals surface area (Å²) in [4.78, 5) is 0. The third kappa shape index (κ3) is 17.3. The minimum Gasteiger partial charge on any atom is -0.272 e. The monoisotopic (exact) mass is 453 g/mol. The molecule has 29 heavy (non-hydrogen) atoms. The molecule has 0 saturated heterocycles. The van der Waals surface area contributed by atoms with Crippen LogP contribution in [-0.4, -0.2) is 18.5 Å². The number of hydrogen-bond acceptors (Lipinski definition) is 1. The van der Waals surface area contributed by atoms with Gasteiger partial charge in [0.15, 0.2) is 0 Å². The maximum atomic E-state index is 5.47. The maximum absolute atomic E-state index is 5.47. The summed E-state index contributed by atoms with van der Waals surface area (Å²) in [6, 6.07) is 0. The van der Waals surface area contributed by atoms with E-state index in [0.29, 0.717) is 16.2 Å². The molecule has 0 aromatic heterocycles. The summed E-state index contributed by atoms with van der Waals surface area (Å²) in [6.07, 6.45) is 19.4. The molecule has 0 unspecified atom stereocenters. The summed E-state index contributed by atoms with van der Waals surface area (Å²) in [6.45, 7) is 25.4. The molecule has 0 saturated carbocycles. The normalized spacial score (nSPS) is 15.2. The summed E-state index contributed by atoms with van der Waals surface area (Å²) < 4.78 is 5.47. The molecule has 0 bridgehead atoms. The van der Waals surface area contributed by atoms with Crippen molar-refractivity contribution >= 4 is 7.05 Å². The van der Waals surface area contributed by atoms with Gasteiger partial charge in [0.2, 0.25) is 0 Å². The van der Waals surface area contributed by atoms with Crippen LogP contribution in [0.25, 0.3) is 0 Å². The number of allylic oxidation sites excluding steroid dienone is 7. The second kappa shape index (κ2) is 13.3. The zero-order valence-electron chi connectivity index (χ0n) is 21.3. The van der Waals surface area contributed by atoms with E-state index in [1.165, 1.54) is 24.2 Å². The fourth-order valence-electron chi connectivity index (χ4n) is 3.93. The Bertz CT molecular complexity index is 572. The van der Waals surface area contributed by atoms with Gasteiger partial charge in [0.05, 0.1) is 0 Å². The van der Waals surface area contributed by atoms with E-state index in [2.05, 4.69) is 80.5 Å². The first-order valence-corrected chi connectivity index (χ1v) is 13.1. The number of nitrogens with zero attached hydrogens (tertiary/aromatic N) is 1. The van der Waals surface area contributed by atoms with Crippen molar-refractivity contribution in [2.24, 2.45) is 21.0 Å². The molecule has 0 aromatic rings. The van der Waals surface area contributed by atoms with E-state index in [4.69, 9.17) is 4.74 Å². The second-order valence-electron chi connectivity index (χ2n) is 11.7. The van der Waals surface area contributed by atoms with Gasteiger partial charge in [-0.3, -0.25) is 4.74 Å². The maximum Gasteiger partial charge on any atom is 0.0425 e. The number of hydrogen-bond donors (Lipinski definition) is 0. The standard InChI is InChI=1S/C20H38NP.C6H10.Ti/c1-18(2,3)14-22(15-19(4,5)6,16-20(7,8)9)21-17-12-10-11-13-17;1-3-5-6-4-2;/h10-12H,13-16H2,1-9H3;3-6H,1-2H3;. The Hall–Kier alpha value is -0.0957. The Morgan fingerprint density at radius 2 is 1.17 bits per heavy atom. The molecule has 0 atom stereocenters. The van der Waals surface area contributed by atoms with Crippen LogP contribution in [0.3, 0.4) is 0 Å². The van der Waals surface area contributed by atoms with Crippen molar-refractivity contribution in [2.75, 3.05) is 18.5 Å². The second-order valence-corrected chi connectivity index (χ2v) is 15.0. The van der Waals surface area contributed by atoms with E-state index in [9.17, 15) is 0 Å². The minimum absolute atomic E-state index is 0. The molecule has 166 valence electrons. The van der Waals surface area contributed by atoms with Crippen LogP contribution >= 0.6 is 7.05 Å². The van der Waals surface area contributed by atoms with Crippen LogP contribution in [0.2, 0.25) is 0 Å². The van der Waals surface area contributed by atoms with Gasteiger partial charge in [-0.25, -0.2) is 0 Å². The molecule has 1 aliphatic rings. The molecule has 3 heteroatoms. The Balaban J connectivity index is 0. The Morgan fingerprint density at radius 3 is 1.41 bits per heavy atom. The van der Waals surface area contributed by atoms with E-state index < -0.39 is 7.05 Å². The molecule has 0 fully saturated rings. The first-order chi connectivity index (χ1) is 12.6. The van der Waals surface area contributed by atoms with Crippen LogP contribution in [0.1, 0.15) is 82.6 Å². The molecular weight excluding hydrogens is 405 g/mol. The van der Waals surface area contributed by atoms with Crippen LogP contribution in [0.15, 0.2) is 53.0 Å². The van der Waals surface area contributed by atoms with Crippen LogP contribution in [0.4, 0.5) is 0 Å². The van der Waals surface area contributed by atoms with Crippen molar-refractivity contribution in [3.63, 3.8) is 0 Å². The summed E-state index contributed by atoms with van der Waals surface area (Å²) in [5, 5.41) is 0. The SMILES string of the molecule is CC(C)(C)CP(CC(C)(C)C)(CC(C)(C)C)=NC1=CC=CC1.CC=CC=CC.[Ti]. The Labute approximate surface area is 198 Å². The molecule has 0 spiro atoms. The third-order valence-corrected chi connectivity index (χ3v) is 9.19. The van der Waals surface area contributed by atoms with Gasteiger partial charge < -0.3 is 0 Å².